The van der Waals surface area contributed by atoms with Crippen LogP contribution in [-0.2, 0) is 16.1 Å². The first-order chi connectivity index (χ1) is 9.78. The minimum atomic E-state index is -0.516. The maximum atomic E-state index is 12.2. The molecule has 0 bridgehead atoms. The molecule has 0 amide bonds. The normalized spacial score (nSPS) is 11.6. The van der Waals surface area contributed by atoms with E-state index in [1.54, 1.807) is 11.5 Å². The maximum absolute atomic E-state index is 12.2. The Morgan fingerprint density at radius 2 is 1.95 bits per heavy atom. The van der Waals surface area contributed by atoms with Crippen molar-refractivity contribution in [3.05, 3.63) is 40.3 Å². The van der Waals surface area contributed by atoms with Crippen LogP contribution >= 0.6 is 0 Å². The Hall–Kier alpha value is -2.17. The van der Waals surface area contributed by atoms with Gasteiger partial charge in [0.05, 0.1) is 17.5 Å². The SMILES string of the molecule is Cc1nc2ccccc2n(CCC(=O)OC(C)(C)C)c1=O. The Bertz CT molecular complexity index is 726. The topological polar surface area (TPSA) is 61.2 Å². The van der Waals surface area contributed by atoms with Crippen molar-refractivity contribution in [1.82, 2.24) is 9.55 Å². The summed E-state index contributed by atoms with van der Waals surface area (Å²) in [5.74, 6) is -0.312. The van der Waals surface area contributed by atoms with Crippen LogP contribution in [-0.4, -0.2) is 21.1 Å². The molecule has 2 aromatic rings. The lowest BCUT2D eigenvalue weighted by atomic mass is 10.2. The smallest absolute Gasteiger partial charge is 0.308 e. The van der Waals surface area contributed by atoms with Gasteiger partial charge in [0.25, 0.3) is 5.56 Å². The van der Waals surface area contributed by atoms with Gasteiger partial charge in [-0.3, -0.25) is 9.59 Å². The van der Waals surface area contributed by atoms with Crippen LogP contribution in [0.4, 0.5) is 0 Å². The first-order valence-corrected chi connectivity index (χ1v) is 6.96. The van der Waals surface area contributed by atoms with Gasteiger partial charge in [-0.05, 0) is 39.8 Å². The average molecular weight is 288 g/mol. The number of hydrogen-bond donors (Lipinski definition) is 0. The number of esters is 1. The van der Waals surface area contributed by atoms with Crippen LogP contribution in [0.2, 0.25) is 0 Å². The number of aryl methyl sites for hydroxylation is 2. The highest BCUT2D eigenvalue weighted by Gasteiger charge is 2.17. The molecule has 5 nitrogen and oxygen atoms in total. The fourth-order valence-corrected chi connectivity index (χ4v) is 2.14. The lowest BCUT2D eigenvalue weighted by molar-refractivity contribution is -0.155. The zero-order valence-electron chi connectivity index (χ0n) is 12.8. The number of carbonyl (C=O) groups excluding carboxylic acids is 1. The summed E-state index contributed by atoms with van der Waals surface area (Å²) in [6.07, 6.45) is 0.157. The van der Waals surface area contributed by atoms with E-state index in [-0.39, 0.29) is 24.5 Å². The predicted octanol–water partition coefficient (Wildman–Crippen LogP) is 2.44. The predicted molar refractivity (Wildman–Crippen MR) is 81.2 cm³/mol. The fourth-order valence-electron chi connectivity index (χ4n) is 2.14. The highest BCUT2D eigenvalue weighted by Crippen LogP contribution is 2.12. The van der Waals surface area contributed by atoms with Crippen LogP contribution in [0.1, 0.15) is 32.9 Å². The fraction of sp³-hybridized carbons (Fsp3) is 0.438. The van der Waals surface area contributed by atoms with Crippen LogP contribution in [0.5, 0.6) is 0 Å². The van der Waals surface area contributed by atoms with Gasteiger partial charge < -0.3 is 9.30 Å². The second kappa shape index (κ2) is 5.68. The van der Waals surface area contributed by atoms with Crippen molar-refractivity contribution in [2.75, 3.05) is 0 Å². The van der Waals surface area contributed by atoms with Crippen molar-refractivity contribution in [2.24, 2.45) is 0 Å². The van der Waals surface area contributed by atoms with Gasteiger partial charge in [-0.15, -0.1) is 0 Å². The average Bonchev–Trinajstić information content (AvgIpc) is 2.37. The van der Waals surface area contributed by atoms with E-state index in [0.717, 1.165) is 11.0 Å². The van der Waals surface area contributed by atoms with E-state index in [2.05, 4.69) is 4.98 Å². The van der Waals surface area contributed by atoms with E-state index in [9.17, 15) is 9.59 Å². The molecule has 0 spiro atoms. The van der Waals surface area contributed by atoms with Crippen molar-refractivity contribution in [3.8, 4) is 0 Å². The molecule has 0 aliphatic carbocycles. The molecule has 0 aliphatic heterocycles. The molecule has 1 aromatic carbocycles. The number of hydrogen-bond acceptors (Lipinski definition) is 4. The van der Waals surface area contributed by atoms with Gasteiger partial charge in [0, 0.05) is 6.54 Å². The summed E-state index contributed by atoms with van der Waals surface area (Å²) < 4.78 is 6.86. The van der Waals surface area contributed by atoms with Crippen LogP contribution in [0.3, 0.4) is 0 Å². The molecular formula is C16H20N2O3. The van der Waals surface area contributed by atoms with Crippen LogP contribution in [0, 0.1) is 6.92 Å². The molecule has 112 valence electrons. The Kier molecular flexibility index (Phi) is 4.11. The molecule has 0 saturated heterocycles. The summed E-state index contributed by atoms with van der Waals surface area (Å²) in [5, 5.41) is 0. The molecule has 1 heterocycles. The van der Waals surface area contributed by atoms with Crippen LogP contribution in [0.15, 0.2) is 29.1 Å². The number of nitrogens with zero attached hydrogens (tertiary/aromatic N) is 2. The summed E-state index contributed by atoms with van der Waals surface area (Å²) in [7, 11) is 0. The highest BCUT2D eigenvalue weighted by molar-refractivity contribution is 5.75. The number of aromatic nitrogens is 2. The molecule has 21 heavy (non-hydrogen) atoms. The third-order valence-electron chi connectivity index (χ3n) is 2.97. The zero-order valence-corrected chi connectivity index (χ0v) is 12.8. The maximum Gasteiger partial charge on any atom is 0.308 e. The number of ether oxygens (including phenoxy) is 1. The summed E-state index contributed by atoms with van der Waals surface area (Å²) in [6.45, 7) is 7.44. The molecule has 0 fully saturated rings. The van der Waals surface area contributed by atoms with Crippen molar-refractivity contribution >= 4 is 17.0 Å². The van der Waals surface area contributed by atoms with E-state index in [0.29, 0.717) is 5.69 Å². The van der Waals surface area contributed by atoms with Gasteiger partial charge in [0.15, 0.2) is 0 Å². The summed E-state index contributed by atoms with van der Waals surface area (Å²) >= 11 is 0. The van der Waals surface area contributed by atoms with E-state index in [1.807, 2.05) is 45.0 Å². The van der Waals surface area contributed by atoms with Gasteiger partial charge >= 0.3 is 5.97 Å². The van der Waals surface area contributed by atoms with E-state index in [1.165, 1.54) is 0 Å². The number of rotatable bonds is 3. The molecule has 0 aliphatic rings. The summed E-state index contributed by atoms with van der Waals surface area (Å²) in [4.78, 5) is 28.3. The number of fused-ring (bicyclic) bond motifs is 1. The van der Waals surface area contributed by atoms with Crippen LogP contribution in [0.25, 0.3) is 11.0 Å². The minimum Gasteiger partial charge on any atom is -0.460 e. The van der Waals surface area contributed by atoms with Crippen molar-refractivity contribution in [1.29, 1.82) is 0 Å². The Morgan fingerprint density at radius 3 is 2.62 bits per heavy atom. The lowest BCUT2D eigenvalue weighted by Gasteiger charge is -2.19. The van der Waals surface area contributed by atoms with Crippen molar-refractivity contribution in [3.63, 3.8) is 0 Å². The number of benzene rings is 1. The summed E-state index contributed by atoms with van der Waals surface area (Å²) in [6, 6.07) is 7.41. The summed E-state index contributed by atoms with van der Waals surface area (Å²) in [5.41, 5.74) is 1.23. The first-order valence-electron chi connectivity index (χ1n) is 6.96. The third-order valence-corrected chi connectivity index (χ3v) is 2.97. The zero-order chi connectivity index (χ0) is 15.6. The molecule has 1 aromatic heterocycles. The van der Waals surface area contributed by atoms with E-state index in [4.69, 9.17) is 4.74 Å². The Balaban J connectivity index is 2.28. The molecule has 0 N–H and O–H groups in total. The quantitative estimate of drug-likeness (QED) is 0.814. The molecule has 0 atom stereocenters. The number of para-hydroxylation sites is 2. The van der Waals surface area contributed by atoms with Gasteiger partial charge in [0.2, 0.25) is 0 Å². The third kappa shape index (κ3) is 3.68. The van der Waals surface area contributed by atoms with E-state index < -0.39 is 5.60 Å². The molecule has 5 heteroatoms. The largest absolute Gasteiger partial charge is 0.460 e. The Morgan fingerprint density at radius 1 is 1.29 bits per heavy atom. The van der Waals surface area contributed by atoms with Crippen LogP contribution < -0.4 is 5.56 Å². The minimum absolute atomic E-state index is 0.157. The molecule has 2 rings (SSSR count). The van der Waals surface area contributed by atoms with E-state index >= 15 is 0 Å². The first kappa shape index (κ1) is 15.2. The molecule has 0 radical (unpaired) electrons. The van der Waals surface area contributed by atoms with Gasteiger partial charge in [-0.25, -0.2) is 4.98 Å². The Labute approximate surface area is 123 Å². The highest BCUT2D eigenvalue weighted by atomic mass is 16.6. The van der Waals surface area contributed by atoms with Crippen molar-refractivity contribution < 1.29 is 9.53 Å². The second-order valence-electron chi connectivity index (χ2n) is 5.98. The van der Waals surface area contributed by atoms with Gasteiger partial charge in [0.1, 0.15) is 11.3 Å². The number of carbonyl (C=O) groups is 1. The van der Waals surface area contributed by atoms with Gasteiger partial charge in [-0.2, -0.15) is 0 Å². The monoisotopic (exact) mass is 288 g/mol. The second-order valence-corrected chi connectivity index (χ2v) is 5.98. The standard InChI is InChI=1S/C16H20N2O3/c1-11-15(20)18(10-9-14(19)21-16(2,3)4)13-8-6-5-7-12(13)17-11/h5-8H,9-10H2,1-4H3. The molecule has 0 saturated carbocycles. The lowest BCUT2D eigenvalue weighted by Crippen LogP contribution is -2.28. The van der Waals surface area contributed by atoms with Crippen molar-refractivity contribution in [2.45, 2.75) is 46.3 Å². The van der Waals surface area contributed by atoms with Gasteiger partial charge in [-0.1, -0.05) is 12.1 Å². The molecular weight excluding hydrogens is 268 g/mol. The molecule has 0 unspecified atom stereocenters.